The van der Waals surface area contributed by atoms with Crippen LogP contribution in [0, 0.1) is 11.8 Å². The lowest BCUT2D eigenvalue weighted by molar-refractivity contribution is 1.29. The molecule has 1 aromatic heterocycles. The normalized spacial score (nSPS) is 9.79. The summed E-state index contributed by atoms with van der Waals surface area (Å²) >= 11 is 5.55. The number of para-hydroxylation sites is 1. The summed E-state index contributed by atoms with van der Waals surface area (Å²) in [5.74, 6) is 6.73. The van der Waals surface area contributed by atoms with E-state index in [2.05, 4.69) is 22.9 Å². The molecular formula is C12H10ClN. The second-order valence-electron chi connectivity index (χ2n) is 2.99. The molecule has 0 aliphatic rings. The Morgan fingerprint density at radius 1 is 1.29 bits per heavy atom. The van der Waals surface area contributed by atoms with E-state index < -0.39 is 0 Å². The number of aromatic amines is 1. The van der Waals surface area contributed by atoms with Crippen molar-refractivity contribution in [3.8, 4) is 11.8 Å². The van der Waals surface area contributed by atoms with Crippen LogP contribution in [0.15, 0.2) is 30.5 Å². The van der Waals surface area contributed by atoms with E-state index in [1.165, 1.54) is 5.39 Å². The van der Waals surface area contributed by atoms with Crippen LogP contribution in [0.25, 0.3) is 10.9 Å². The maximum Gasteiger partial charge on any atom is 0.0612 e. The van der Waals surface area contributed by atoms with E-state index in [-0.39, 0.29) is 0 Å². The highest BCUT2D eigenvalue weighted by Gasteiger charge is 1.96. The van der Waals surface area contributed by atoms with Gasteiger partial charge in [-0.1, -0.05) is 24.0 Å². The average Bonchev–Trinajstić information content (AvgIpc) is 2.67. The maximum atomic E-state index is 5.55. The van der Waals surface area contributed by atoms with Gasteiger partial charge < -0.3 is 4.98 Å². The minimum atomic E-state index is 0.591. The number of hydrogen-bond acceptors (Lipinski definition) is 0. The minimum absolute atomic E-state index is 0.591. The molecule has 1 nitrogen and oxygen atoms in total. The lowest BCUT2D eigenvalue weighted by atomic mass is 10.1. The van der Waals surface area contributed by atoms with Gasteiger partial charge in [0.15, 0.2) is 0 Å². The molecule has 1 N–H and O–H groups in total. The highest BCUT2D eigenvalue weighted by molar-refractivity contribution is 6.18. The van der Waals surface area contributed by atoms with Gasteiger partial charge >= 0.3 is 0 Å². The second kappa shape index (κ2) is 4.21. The third kappa shape index (κ3) is 1.76. The molecule has 1 heterocycles. The number of benzene rings is 1. The SMILES string of the molecule is ClCCC#Cc1cccc2cc[nH]c12. The standard InChI is InChI=1S/C12H10ClN/c13-8-2-1-4-10-5-3-6-11-7-9-14-12(10)11/h3,5-7,9,14H,2,8H2. The van der Waals surface area contributed by atoms with E-state index in [0.29, 0.717) is 5.88 Å². The molecule has 0 aliphatic heterocycles. The summed E-state index contributed by atoms with van der Waals surface area (Å²) in [4.78, 5) is 3.18. The Hall–Kier alpha value is -1.39. The summed E-state index contributed by atoms with van der Waals surface area (Å²) in [6, 6.07) is 8.14. The zero-order valence-corrected chi connectivity index (χ0v) is 8.43. The van der Waals surface area contributed by atoms with Gasteiger partial charge in [-0.15, -0.1) is 11.6 Å². The smallest absolute Gasteiger partial charge is 0.0612 e. The lowest BCUT2D eigenvalue weighted by Gasteiger charge is -1.93. The summed E-state index contributed by atoms with van der Waals surface area (Å²) in [6.45, 7) is 0. The van der Waals surface area contributed by atoms with Gasteiger partial charge in [-0.3, -0.25) is 0 Å². The molecule has 0 bridgehead atoms. The molecule has 0 aliphatic carbocycles. The molecule has 1 aromatic carbocycles. The minimum Gasteiger partial charge on any atom is -0.360 e. The van der Waals surface area contributed by atoms with Gasteiger partial charge in [0.1, 0.15) is 0 Å². The Kier molecular flexibility index (Phi) is 2.76. The van der Waals surface area contributed by atoms with Crippen LogP contribution in [0.5, 0.6) is 0 Å². The van der Waals surface area contributed by atoms with E-state index in [4.69, 9.17) is 11.6 Å². The van der Waals surface area contributed by atoms with E-state index in [9.17, 15) is 0 Å². The highest BCUT2D eigenvalue weighted by atomic mass is 35.5. The van der Waals surface area contributed by atoms with Gasteiger partial charge in [-0.25, -0.2) is 0 Å². The molecule has 0 saturated heterocycles. The first-order chi connectivity index (χ1) is 6.92. The van der Waals surface area contributed by atoms with Crippen LogP contribution in [0.1, 0.15) is 12.0 Å². The summed E-state index contributed by atoms with van der Waals surface area (Å²) in [5.41, 5.74) is 2.15. The van der Waals surface area contributed by atoms with Crippen molar-refractivity contribution in [3.05, 3.63) is 36.0 Å². The van der Waals surface area contributed by atoms with E-state index >= 15 is 0 Å². The third-order valence-electron chi connectivity index (χ3n) is 2.03. The number of fused-ring (bicyclic) bond motifs is 1. The van der Waals surface area contributed by atoms with Crippen LogP contribution >= 0.6 is 11.6 Å². The molecule has 0 atom stereocenters. The molecular weight excluding hydrogens is 194 g/mol. The molecule has 0 spiro atoms. The van der Waals surface area contributed by atoms with Crippen molar-refractivity contribution in [2.75, 3.05) is 5.88 Å². The van der Waals surface area contributed by atoms with Gasteiger partial charge in [0, 0.05) is 29.4 Å². The van der Waals surface area contributed by atoms with Crippen molar-refractivity contribution in [2.45, 2.75) is 6.42 Å². The Labute approximate surface area is 88.1 Å². The molecule has 2 rings (SSSR count). The van der Waals surface area contributed by atoms with E-state index in [1.54, 1.807) is 0 Å². The molecule has 0 amide bonds. The topological polar surface area (TPSA) is 15.8 Å². The van der Waals surface area contributed by atoms with Crippen molar-refractivity contribution in [1.82, 2.24) is 4.98 Å². The monoisotopic (exact) mass is 203 g/mol. The first-order valence-electron chi connectivity index (χ1n) is 4.53. The molecule has 14 heavy (non-hydrogen) atoms. The largest absolute Gasteiger partial charge is 0.360 e. The van der Waals surface area contributed by atoms with Crippen molar-refractivity contribution in [3.63, 3.8) is 0 Å². The van der Waals surface area contributed by atoms with Crippen LogP contribution in [-0.2, 0) is 0 Å². The molecule has 0 unspecified atom stereocenters. The van der Waals surface area contributed by atoms with Gasteiger partial charge in [0.2, 0.25) is 0 Å². The molecule has 2 aromatic rings. The molecule has 0 radical (unpaired) electrons. The van der Waals surface area contributed by atoms with Crippen molar-refractivity contribution in [1.29, 1.82) is 0 Å². The Morgan fingerprint density at radius 3 is 3.07 bits per heavy atom. The molecule has 0 saturated carbocycles. The van der Waals surface area contributed by atoms with Crippen LogP contribution in [0.2, 0.25) is 0 Å². The van der Waals surface area contributed by atoms with Crippen LogP contribution < -0.4 is 0 Å². The zero-order chi connectivity index (χ0) is 9.80. The average molecular weight is 204 g/mol. The first-order valence-corrected chi connectivity index (χ1v) is 5.06. The Balaban J connectivity index is 2.43. The Morgan fingerprint density at radius 2 is 2.21 bits per heavy atom. The fourth-order valence-electron chi connectivity index (χ4n) is 1.39. The molecule has 0 fully saturated rings. The van der Waals surface area contributed by atoms with E-state index in [0.717, 1.165) is 17.5 Å². The summed E-state index contributed by atoms with van der Waals surface area (Å²) in [5, 5.41) is 1.20. The number of nitrogens with one attached hydrogen (secondary N) is 1. The quantitative estimate of drug-likeness (QED) is 0.542. The van der Waals surface area contributed by atoms with Gasteiger partial charge in [0.25, 0.3) is 0 Å². The fourth-order valence-corrected chi connectivity index (χ4v) is 1.49. The predicted octanol–water partition coefficient (Wildman–Crippen LogP) is 3.15. The molecule has 2 heteroatoms. The van der Waals surface area contributed by atoms with Crippen molar-refractivity contribution < 1.29 is 0 Å². The lowest BCUT2D eigenvalue weighted by Crippen LogP contribution is -1.77. The van der Waals surface area contributed by atoms with Crippen LogP contribution in [-0.4, -0.2) is 10.9 Å². The van der Waals surface area contributed by atoms with Gasteiger partial charge in [0.05, 0.1) is 5.52 Å². The van der Waals surface area contributed by atoms with Crippen molar-refractivity contribution in [2.24, 2.45) is 0 Å². The van der Waals surface area contributed by atoms with Crippen LogP contribution in [0.3, 0.4) is 0 Å². The predicted molar refractivity (Wildman–Crippen MR) is 60.5 cm³/mol. The second-order valence-corrected chi connectivity index (χ2v) is 3.37. The number of halogens is 1. The number of H-pyrrole nitrogens is 1. The number of rotatable bonds is 1. The zero-order valence-electron chi connectivity index (χ0n) is 7.68. The summed E-state index contributed by atoms with van der Waals surface area (Å²) < 4.78 is 0. The summed E-state index contributed by atoms with van der Waals surface area (Å²) in [6.07, 6.45) is 2.66. The maximum absolute atomic E-state index is 5.55. The van der Waals surface area contributed by atoms with Gasteiger partial charge in [-0.05, 0) is 12.1 Å². The number of aromatic nitrogens is 1. The van der Waals surface area contributed by atoms with Gasteiger partial charge in [-0.2, -0.15) is 0 Å². The first kappa shape index (κ1) is 9.18. The van der Waals surface area contributed by atoms with E-state index in [1.807, 2.05) is 24.4 Å². The third-order valence-corrected chi connectivity index (χ3v) is 2.22. The van der Waals surface area contributed by atoms with Crippen molar-refractivity contribution >= 4 is 22.5 Å². The molecule has 70 valence electrons. The fraction of sp³-hybridized carbons (Fsp3) is 0.167. The highest BCUT2D eigenvalue weighted by Crippen LogP contribution is 2.15. The van der Waals surface area contributed by atoms with Crippen LogP contribution in [0.4, 0.5) is 0 Å². The number of hydrogen-bond donors (Lipinski definition) is 1. The number of alkyl halides is 1. The summed E-state index contributed by atoms with van der Waals surface area (Å²) in [7, 11) is 0. The Bertz CT molecular complexity index is 487.